The number of nitrogens with zero attached hydrogens (tertiary/aromatic N) is 1. The molecule has 3 fully saturated rings. The molecule has 0 N–H and O–H groups in total. The van der Waals surface area contributed by atoms with Crippen molar-refractivity contribution < 1.29 is 4.74 Å². The topological polar surface area (TPSA) is 33.0 Å². The van der Waals surface area contributed by atoms with Crippen molar-refractivity contribution in [1.29, 1.82) is 5.26 Å². The number of hydrogen-bond donors (Lipinski definition) is 0. The number of hydrogen-bond acceptors (Lipinski definition) is 2. The second-order valence-corrected chi connectivity index (χ2v) is 14.3. The summed E-state index contributed by atoms with van der Waals surface area (Å²) in [6.07, 6.45) is 18.0. The fraction of sp³-hybridized carbons (Fsp3) is 0.743. The van der Waals surface area contributed by atoms with Crippen LogP contribution in [0.4, 0.5) is 0 Å². The number of fused-ring (bicyclic) bond motifs is 5. The molecule has 1 aromatic carbocycles. The van der Waals surface area contributed by atoms with Gasteiger partial charge in [-0.1, -0.05) is 77.7 Å². The Balaban J connectivity index is 1.22. The zero-order valence-electron chi connectivity index (χ0n) is 24.3. The van der Waals surface area contributed by atoms with Gasteiger partial charge in [-0.3, -0.25) is 0 Å². The van der Waals surface area contributed by atoms with Gasteiger partial charge in [0.25, 0.3) is 0 Å². The number of rotatable bonds is 8. The summed E-state index contributed by atoms with van der Waals surface area (Å²) in [4.78, 5) is 0. The molecule has 8 atom stereocenters. The minimum Gasteiger partial charge on any atom is -0.373 e. The molecule has 0 spiro atoms. The summed E-state index contributed by atoms with van der Waals surface area (Å²) in [6, 6.07) is 10.1. The Morgan fingerprint density at radius 1 is 0.973 bits per heavy atom. The van der Waals surface area contributed by atoms with Crippen molar-refractivity contribution in [1.82, 2.24) is 0 Å². The van der Waals surface area contributed by atoms with E-state index in [4.69, 9.17) is 10.00 Å². The summed E-state index contributed by atoms with van der Waals surface area (Å²) in [5.41, 5.74) is 4.56. The van der Waals surface area contributed by atoms with Crippen LogP contribution in [0.1, 0.15) is 116 Å². The largest absolute Gasteiger partial charge is 0.373 e. The lowest BCUT2D eigenvalue weighted by Crippen LogP contribution is -2.51. The van der Waals surface area contributed by atoms with E-state index in [0.717, 1.165) is 47.5 Å². The van der Waals surface area contributed by atoms with Gasteiger partial charge in [-0.25, -0.2) is 0 Å². The van der Waals surface area contributed by atoms with Gasteiger partial charge >= 0.3 is 0 Å². The number of ether oxygens (including phenoxy) is 1. The first-order chi connectivity index (χ1) is 17.7. The van der Waals surface area contributed by atoms with Gasteiger partial charge in [0.1, 0.15) is 0 Å². The molecular weight excluding hydrogens is 450 g/mol. The monoisotopic (exact) mass is 501 g/mol. The van der Waals surface area contributed by atoms with Crippen LogP contribution in [0, 0.1) is 57.7 Å². The maximum Gasteiger partial charge on any atom is 0.0991 e. The lowest BCUT2D eigenvalue weighted by molar-refractivity contribution is -0.0656. The van der Waals surface area contributed by atoms with Crippen LogP contribution in [0.15, 0.2) is 35.9 Å². The SMILES string of the molecule is CC(C)CCC[C@@H](C)[C@H]1CC[C@H]2[C@@H]3CC=C4CC(OCc5ccc(C#N)cc5)CC[C@]4(C)[C@H]3CC[C@]12C. The minimum absolute atomic E-state index is 0.336. The molecule has 0 heterocycles. The summed E-state index contributed by atoms with van der Waals surface area (Å²) < 4.78 is 6.42. The van der Waals surface area contributed by atoms with E-state index >= 15 is 0 Å². The predicted molar refractivity (Wildman–Crippen MR) is 153 cm³/mol. The number of nitriles is 1. The first kappa shape index (κ1) is 27.0. The van der Waals surface area contributed by atoms with Crippen LogP contribution in [-0.2, 0) is 11.3 Å². The molecule has 2 nitrogen and oxygen atoms in total. The molecule has 2 heteroatoms. The smallest absolute Gasteiger partial charge is 0.0991 e. The van der Waals surface area contributed by atoms with Gasteiger partial charge in [-0.05, 0) is 115 Å². The maximum atomic E-state index is 9.04. The molecule has 1 aromatic rings. The van der Waals surface area contributed by atoms with Crippen molar-refractivity contribution >= 4 is 0 Å². The second-order valence-electron chi connectivity index (χ2n) is 14.3. The molecule has 0 aromatic heterocycles. The zero-order valence-corrected chi connectivity index (χ0v) is 24.3. The molecule has 0 amide bonds. The molecule has 4 aliphatic carbocycles. The van der Waals surface area contributed by atoms with Gasteiger partial charge < -0.3 is 4.74 Å². The van der Waals surface area contributed by atoms with Crippen molar-refractivity contribution in [3.63, 3.8) is 0 Å². The van der Waals surface area contributed by atoms with Crippen LogP contribution in [0.3, 0.4) is 0 Å². The van der Waals surface area contributed by atoms with E-state index in [-0.39, 0.29) is 0 Å². The average Bonchev–Trinajstić information content (AvgIpc) is 3.24. The predicted octanol–water partition coefficient (Wildman–Crippen LogP) is 9.48. The summed E-state index contributed by atoms with van der Waals surface area (Å²) in [5, 5.41) is 9.04. The standard InChI is InChI=1S/C35H51NO/c1-24(2)7-6-8-25(3)31-15-16-32-30-14-13-28-21-29(37-23-27-11-9-26(22-36)10-12-27)17-19-34(28,4)33(30)18-20-35(31,32)5/h9-13,24-25,29-33H,6-8,14-21,23H2,1-5H3/t25-,29?,30+,31-,32+,33+,34+,35-/m1/s1. The van der Waals surface area contributed by atoms with Crippen molar-refractivity contribution in [3.8, 4) is 6.07 Å². The third-order valence-electron chi connectivity index (χ3n) is 11.8. The molecule has 0 aliphatic heterocycles. The quantitative estimate of drug-likeness (QED) is 0.332. The molecule has 0 bridgehead atoms. The van der Waals surface area contributed by atoms with Gasteiger partial charge in [0.2, 0.25) is 0 Å². The fourth-order valence-electron chi connectivity index (χ4n) is 9.68. The van der Waals surface area contributed by atoms with Crippen molar-refractivity contribution in [3.05, 3.63) is 47.0 Å². The fourth-order valence-corrected chi connectivity index (χ4v) is 9.68. The summed E-state index contributed by atoms with van der Waals surface area (Å²) in [7, 11) is 0. The first-order valence-electron chi connectivity index (χ1n) is 15.5. The second kappa shape index (κ2) is 10.9. The van der Waals surface area contributed by atoms with E-state index in [0.29, 0.717) is 23.5 Å². The van der Waals surface area contributed by atoms with Crippen molar-refractivity contribution in [2.24, 2.45) is 46.3 Å². The highest BCUT2D eigenvalue weighted by atomic mass is 16.5. The van der Waals surface area contributed by atoms with E-state index in [1.54, 1.807) is 5.57 Å². The Morgan fingerprint density at radius 3 is 2.49 bits per heavy atom. The van der Waals surface area contributed by atoms with Crippen LogP contribution in [-0.4, -0.2) is 6.10 Å². The summed E-state index contributed by atoms with van der Waals surface area (Å²) in [6.45, 7) is 13.3. The Morgan fingerprint density at radius 2 is 1.76 bits per heavy atom. The Bertz CT molecular complexity index is 1000. The van der Waals surface area contributed by atoms with Crippen molar-refractivity contribution in [2.45, 2.75) is 118 Å². The molecule has 0 radical (unpaired) electrons. The third kappa shape index (κ3) is 5.20. The normalized spacial score (nSPS) is 37.8. The van der Waals surface area contributed by atoms with E-state index in [2.05, 4.69) is 46.8 Å². The molecule has 37 heavy (non-hydrogen) atoms. The van der Waals surface area contributed by atoms with Gasteiger partial charge in [0.15, 0.2) is 0 Å². The highest BCUT2D eigenvalue weighted by Crippen LogP contribution is 2.67. The molecule has 4 aliphatic rings. The highest BCUT2D eigenvalue weighted by molar-refractivity contribution is 5.31. The average molecular weight is 502 g/mol. The molecule has 0 saturated heterocycles. The van der Waals surface area contributed by atoms with Crippen LogP contribution in [0.2, 0.25) is 0 Å². The van der Waals surface area contributed by atoms with Crippen LogP contribution in [0.5, 0.6) is 0 Å². The zero-order chi connectivity index (χ0) is 26.2. The number of allylic oxidation sites excluding steroid dienone is 1. The van der Waals surface area contributed by atoms with Gasteiger partial charge in [-0.2, -0.15) is 5.26 Å². The molecular formula is C35H51NO. The van der Waals surface area contributed by atoms with Crippen LogP contribution < -0.4 is 0 Å². The molecule has 1 unspecified atom stereocenters. The molecule has 3 saturated carbocycles. The molecule has 5 rings (SSSR count). The lowest BCUT2D eigenvalue weighted by Gasteiger charge is -2.58. The highest BCUT2D eigenvalue weighted by Gasteiger charge is 2.59. The van der Waals surface area contributed by atoms with E-state index in [1.165, 1.54) is 69.8 Å². The van der Waals surface area contributed by atoms with E-state index < -0.39 is 0 Å². The van der Waals surface area contributed by atoms with E-state index in [1.807, 2.05) is 24.3 Å². The Labute approximate surface area is 227 Å². The lowest BCUT2D eigenvalue weighted by atomic mass is 9.47. The van der Waals surface area contributed by atoms with Gasteiger partial charge in [0.05, 0.1) is 24.3 Å². The minimum atomic E-state index is 0.336. The molecule has 202 valence electrons. The van der Waals surface area contributed by atoms with E-state index in [9.17, 15) is 0 Å². The van der Waals surface area contributed by atoms with Crippen molar-refractivity contribution in [2.75, 3.05) is 0 Å². The van der Waals surface area contributed by atoms with Gasteiger partial charge in [-0.15, -0.1) is 0 Å². The first-order valence-corrected chi connectivity index (χ1v) is 15.5. The van der Waals surface area contributed by atoms with Gasteiger partial charge in [0, 0.05) is 0 Å². The summed E-state index contributed by atoms with van der Waals surface area (Å²) in [5.74, 6) is 5.38. The van der Waals surface area contributed by atoms with Crippen LogP contribution >= 0.6 is 0 Å². The maximum absolute atomic E-state index is 9.04. The Hall–Kier alpha value is -1.59. The Kier molecular flexibility index (Phi) is 7.94. The number of benzene rings is 1. The summed E-state index contributed by atoms with van der Waals surface area (Å²) >= 11 is 0. The van der Waals surface area contributed by atoms with Crippen LogP contribution in [0.25, 0.3) is 0 Å². The third-order valence-corrected chi connectivity index (χ3v) is 11.8.